The van der Waals surface area contributed by atoms with Crippen molar-refractivity contribution in [3.05, 3.63) is 29.6 Å². The van der Waals surface area contributed by atoms with Crippen molar-refractivity contribution in [3.8, 4) is 0 Å². The molecule has 120 valence electrons. The van der Waals surface area contributed by atoms with Crippen molar-refractivity contribution in [2.24, 2.45) is 0 Å². The second-order valence-corrected chi connectivity index (χ2v) is 7.39. The van der Waals surface area contributed by atoms with Crippen molar-refractivity contribution in [3.63, 3.8) is 0 Å². The van der Waals surface area contributed by atoms with Gasteiger partial charge < -0.3 is 14.6 Å². The third-order valence-corrected chi connectivity index (χ3v) is 5.34. The van der Waals surface area contributed by atoms with E-state index in [0.717, 1.165) is 31.5 Å². The molecule has 2 aliphatic rings. The molecular weight excluding hydrogens is 280 g/mol. The maximum absolute atomic E-state index is 14.6. The van der Waals surface area contributed by atoms with Gasteiger partial charge in [0.15, 0.2) is 0 Å². The van der Waals surface area contributed by atoms with Crippen LogP contribution in [0.4, 0.5) is 4.39 Å². The van der Waals surface area contributed by atoms with E-state index in [1.165, 1.54) is 0 Å². The fourth-order valence-corrected chi connectivity index (χ4v) is 3.11. The Morgan fingerprint density at radius 1 is 1.09 bits per heavy atom. The summed E-state index contributed by atoms with van der Waals surface area (Å²) in [4.78, 5) is 0. The van der Waals surface area contributed by atoms with Crippen LogP contribution in [0.2, 0.25) is 0 Å². The molecule has 1 aromatic carbocycles. The van der Waals surface area contributed by atoms with Crippen molar-refractivity contribution < 1.29 is 13.7 Å². The zero-order chi connectivity index (χ0) is 16.0. The first-order chi connectivity index (χ1) is 10.3. The predicted molar refractivity (Wildman–Crippen MR) is 87.0 cm³/mol. The van der Waals surface area contributed by atoms with E-state index < -0.39 is 18.3 Å². The molecule has 1 N–H and O–H groups in total. The quantitative estimate of drug-likeness (QED) is 0.852. The van der Waals surface area contributed by atoms with Gasteiger partial charge in [-0.05, 0) is 71.2 Å². The van der Waals surface area contributed by atoms with Crippen molar-refractivity contribution in [1.82, 2.24) is 5.32 Å². The van der Waals surface area contributed by atoms with Gasteiger partial charge in [0.2, 0.25) is 0 Å². The molecule has 0 spiro atoms. The fraction of sp³-hybridized carbons (Fsp3) is 0.647. The van der Waals surface area contributed by atoms with Gasteiger partial charge in [0, 0.05) is 5.46 Å². The lowest BCUT2D eigenvalue weighted by Gasteiger charge is -2.32. The third-order valence-electron chi connectivity index (χ3n) is 5.34. The number of rotatable bonds is 2. The van der Waals surface area contributed by atoms with E-state index in [2.05, 4.69) is 5.32 Å². The van der Waals surface area contributed by atoms with Gasteiger partial charge in [0.25, 0.3) is 0 Å². The summed E-state index contributed by atoms with van der Waals surface area (Å²) in [6, 6.07) is 5.52. The topological polar surface area (TPSA) is 30.5 Å². The molecule has 0 radical (unpaired) electrons. The Balaban J connectivity index is 1.81. The van der Waals surface area contributed by atoms with Crippen LogP contribution in [0.1, 0.15) is 52.0 Å². The summed E-state index contributed by atoms with van der Waals surface area (Å²) in [6.07, 6.45) is 2.13. The van der Waals surface area contributed by atoms with Crippen LogP contribution in [-0.4, -0.2) is 31.4 Å². The number of piperidine rings is 1. The average Bonchev–Trinajstić information content (AvgIpc) is 2.68. The maximum Gasteiger partial charge on any atom is 0.497 e. The number of nitrogens with one attached hydrogen (secondary N) is 1. The molecule has 0 atom stereocenters. The van der Waals surface area contributed by atoms with E-state index in [1.807, 2.05) is 39.8 Å². The van der Waals surface area contributed by atoms with Gasteiger partial charge in [-0.25, -0.2) is 4.39 Å². The molecule has 3 nitrogen and oxygen atoms in total. The lowest BCUT2D eigenvalue weighted by atomic mass is 9.77. The summed E-state index contributed by atoms with van der Waals surface area (Å²) >= 11 is 0. The zero-order valence-electron chi connectivity index (χ0n) is 13.9. The minimum Gasteiger partial charge on any atom is -0.399 e. The molecule has 5 heteroatoms. The maximum atomic E-state index is 14.6. The highest BCUT2D eigenvalue weighted by atomic mass is 19.1. The molecule has 0 aromatic heterocycles. The Kier molecular flexibility index (Phi) is 4.08. The lowest BCUT2D eigenvalue weighted by molar-refractivity contribution is 0.00578. The van der Waals surface area contributed by atoms with E-state index in [4.69, 9.17) is 9.31 Å². The monoisotopic (exact) mass is 305 g/mol. The minimum absolute atomic E-state index is 0.227. The second kappa shape index (κ2) is 5.62. The summed E-state index contributed by atoms with van der Waals surface area (Å²) in [6.45, 7) is 9.93. The van der Waals surface area contributed by atoms with Gasteiger partial charge >= 0.3 is 7.12 Å². The summed E-state index contributed by atoms with van der Waals surface area (Å²) in [5.74, 6) is 0.220. The molecule has 2 heterocycles. The van der Waals surface area contributed by atoms with Crippen molar-refractivity contribution in [1.29, 1.82) is 0 Å². The molecule has 3 rings (SSSR count). The SMILES string of the molecule is CC1(C)OB(c2ccc(C3CCNCC3)cc2F)OC1(C)C. The van der Waals surface area contributed by atoms with Crippen LogP contribution in [-0.2, 0) is 9.31 Å². The molecule has 0 amide bonds. The number of hydrogen-bond acceptors (Lipinski definition) is 3. The molecule has 0 aliphatic carbocycles. The van der Waals surface area contributed by atoms with Gasteiger partial charge in [0.1, 0.15) is 5.82 Å². The Labute approximate surface area is 132 Å². The van der Waals surface area contributed by atoms with Gasteiger partial charge in [-0.1, -0.05) is 12.1 Å². The smallest absolute Gasteiger partial charge is 0.399 e. The van der Waals surface area contributed by atoms with Crippen LogP contribution < -0.4 is 10.8 Å². The fourth-order valence-electron chi connectivity index (χ4n) is 3.11. The second-order valence-electron chi connectivity index (χ2n) is 7.39. The summed E-state index contributed by atoms with van der Waals surface area (Å²) in [5.41, 5.74) is 0.686. The van der Waals surface area contributed by atoms with Crippen LogP contribution in [0.5, 0.6) is 0 Å². The van der Waals surface area contributed by atoms with Gasteiger partial charge in [-0.2, -0.15) is 0 Å². The molecule has 2 aliphatic heterocycles. The van der Waals surface area contributed by atoms with Crippen molar-refractivity contribution in [2.45, 2.75) is 57.7 Å². The first-order valence-corrected chi connectivity index (χ1v) is 8.16. The van der Waals surface area contributed by atoms with E-state index >= 15 is 0 Å². The van der Waals surface area contributed by atoms with Crippen molar-refractivity contribution in [2.75, 3.05) is 13.1 Å². The van der Waals surface area contributed by atoms with Crippen LogP contribution >= 0.6 is 0 Å². The zero-order valence-corrected chi connectivity index (χ0v) is 13.9. The van der Waals surface area contributed by atoms with Crippen LogP contribution in [0, 0.1) is 5.82 Å². The highest BCUT2D eigenvalue weighted by Crippen LogP contribution is 2.36. The van der Waals surface area contributed by atoms with Crippen LogP contribution in [0.25, 0.3) is 0 Å². The van der Waals surface area contributed by atoms with E-state index in [0.29, 0.717) is 11.4 Å². The molecule has 22 heavy (non-hydrogen) atoms. The molecule has 0 bridgehead atoms. The highest BCUT2D eigenvalue weighted by Gasteiger charge is 2.52. The average molecular weight is 305 g/mol. The number of benzene rings is 1. The van der Waals surface area contributed by atoms with Crippen molar-refractivity contribution >= 4 is 12.6 Å². The molecule has 0 unspecified atom stereocenters. The molecule has 2 fully saturated rings. The van der Waals surface area contributed by atoms with Gasteiger partial charge in [-0.15, -0.1) is 0 Å². The first-order valence-electron chi connectivity index (χ1n) is 8.16. The van der Waals surface area contributed by atoms with E-state index in [9.17, 15) is 4.39 Å². The summed E-state index contributed by atoms with van der Waals surface area (Å²) in [7, 11) is -0.632. The number of hydrogen-bond donors (Lipinski definition) is 1. The highest BCUT2D eigenvalue weighted by molar-refractivity contribution is 6.62. The molecule has 0 saturated carbocycles. The van der Waals surface area contributed by atoms with Gasteiger partial charge in [0.05, 0.1) is 11.2 Å². The standard InChI is InChI=1S/C17H25BFNO2/c1-16(2)17(3,4)22-18(21-16)14-6-5-13(11-15(14)19)12-7-9-20-10-8-12/h5-6,11-12,20H,7-10H2,1-4H3. The van der Waals surface area contributed by atoms with E-state index in [1.54, 1.807) is 6.07 Å². The first kappa shape index (κ1) is 16.0. The summed E-state index contributed by atoms with van der Waals surface area (Å²) < 4.78 is 26.5. The lowest BCUT2D eigenvalue weighted by Crippen LogP contribution is -2.41. The Morgan fingerprint density at radius 2 is 1.68 bits per heavy atom. The minimum atomic E-state index is -0.632. The Morgan fingerprint density at radius 3 is 2.23 bits per heavy atom. The third kappa shape index (κ3) is 2.82. The van der Waals surface area contributed by atoms with Gasteiger partial charge in [-0.3, -0.25) is 0 Å². The molecule has 2 saturated heterocycles. The molecular formula is C17H25BFNO2. The van der Waals surface area contributed by atoms with Crippen LogP contribution in [0.3, 0.4) is 0 Å². The predicted octanol–water partition coefficient (Wildman–Crippen LogP) is 2.59. The van der Waals surface area contributed by atoms with Crippen LogP contribution in [0.15, 0.2) is 18.2 Å². The number of halogens is 1. The Bertz CT molecular complexity index is 540. The van der Waals surface area contributed by atoms with E-state index in [-0.39, 0.29) is 5.82 Å². The normalized spacial score (nSPS) is 24.7. The largest absolute Gasteiger partial charge is 0.497 e. The Hall–Kier alpha value is -0.905. The molecule has 1 aromatic rings. The summed E-state index contributed by atoms with van der Waals surface area (Å²) in [5, 5.41) is 3.34.